The van der Waals surface area contributed by atoms with Crippen LogP contribution < -0.4 is 5.73 Å². The summed E-state index contributed by atoms with van der Waals surface area (Å²) in [5.41, 5.74) is 5.45. The predicted molar refractivity (Wildman–Crippen MR) is 52.5 cm³/mol. The second-order valence-corrected chi connectivity index (χ2v) is 3.95. The maximum atomic E-state index is 12.4. The van der Waals surface area contributed by atoms with E-state index in [1.54, 1.807) is 6.07 Å². The van der Waals surface area contributed by atoms with E-state index in [1.807, 2.05) is 0 Å². The van der Waals surface area contributed by atoms with Crippen LogP contribution in [0.2, 0.25) is 0 Å². The van der Waals surface area contributed by atoms with Crippen LogP contribution in [-0.2, 0) is 6.54 Å². The lowest BCUT2D eigenvalue weighted by Gasteiger charge is -2.06. The van der Waals surface area contributed by atoms with E-state index in [4.69, 9.17) is 5.73 Å². The van der Waals surface area contributed by atoms with Crippen molar-refractivity contribution in [3.63, 3.8) is 0 Å². The first-order chi connectivity index (χ1) is 6.06. The summed E-state index contributed by atoms with van der Waals surface area (Å²) < 4.78 is 25.6. The van der Waals surface area contributed by atoms with Crippen molar-refractivity contribution in [3.05, 3.63) is 26.4 Å². The first-order valence-corrected chi connectivity index (χ1v) is 4.98. The van der Waals surface area contributed by atoms with Crippen LogP contribution in [0.15, 0.2) is 15.0 Å². The highest BCUT2D eigenvalue weighted by Crippen LogP contribution is 2.32. The molecule has 13 heavy (non-hydrogen) atoms. The van der Waals surface area contributed by atoms with E-state index in [0.717, 1.165) is 0 Å². The average molecular weight is 316 g/mol. The van der Waals surface area contributed by atoms with Crippen LogP contribution in [0.5, 0.6) is 0 Å². The maximum Gasteiger partial charge on any atom is 0.281 e. The summed E-state index contributed by atoms with van der Waals surface area (Å²) in [4.78, 5) is 3.70. The SMILES string of the molecule is NCc1cc(Br)c(Br)c(C(F)F)n1. The van der Waals surface area contributed by atoms with Gasteiger partial charge < -0.3 is 5.73 Å². The molecule has 0 aromatic carbocycles. The molecular weight excluding hydrogens is 310 g/mol. The zero-order valence-electron chi connectivity index (χ0n) is 6.40. The molecule has 0 unspecified atom stereocenters. The Labute approximate surface area is 90.8 Å². The Morgan fingerprint density at radius 1 is 1.46 bits per heavy atom. The number of rotatable bonds is 2. The molecule has 1 aromatic rings. The molecule has 0 aliphatic rings. The summed E-state index contributed by atoms with van der Waals surface area (Å²) in [6.45, 7) is 0.144. The fraction of sp³-hybridized carbons (Fsp3) is 0.286. The minimum Gasteiger partial charge on any atom is -0.325 e. The minimum atomic E-state index is -2.60. The molecule has 0 saturated heterocycles. The van der Waals surface area contributed by atoms with Crippen LogP contribution >= 0.6 is 31.9 Å². The molecule has 0 bridgehead atoms. The summed E-state index contributed by atoms with van der Waals surface area (Å²) in [5.74, 6) is 0. The Morgan fingerprint density at radius 2 is 2.08 bits per heavy atom. The highest BCUT2D eigenvalue weighted by atomic mass is 79.9. The van der Waals surface area contributed by atoms with Crippen molar-refractivity contribution in [2.75, 3.05) is 0 Å². The van der Waals surface area contributed by atoms with Crippen molar-refractivity contribution in [2.24, 2.45) is 5.73 Å². The molecule has 2 N–H and O–H groups in total. The third kappa shape index (κ3) is 2.45. The van der Waals surface area contributed by atoms with E-state index >= 15 is 0 Å². The largest absolute Gasteiger partial charge is 0.325 e. The second kappa shape index (κ2) is 4.43. The Morgan fingerprint density at radius 3 is 2.54 bits per heavy atom. The highest BCUT2D eigenvalue weighted by molar-refractivity contribution is 9.13. The summed E-state index contributed by atoms with van der Waals surface area (Å²) in [5, 5.41) is 0. The lowest BCUT2D eigenvalue weighted by molar-refractivity contribution is 0.145. The Balaban J connectivity index is 3.25. The van der Waals surface area contributed by atoms with Crippen LogP contribution in [0.25, 0.3) is 0 Å². The van der Waals surface area contributed by atoms with Crippen LogP contribution in [0.4, 0.5) is 8.78 Å². The molecule has 0 amide bonds. The Bertz CT molecular complexity index is 318. The molecular formula is C7H6Br2F2N2. The smallest absolute Gasteiger partial charge is 0.281 e. The van der Waals surface area contributed by atoms with Crippen LogP contribution in [-0.4, -0.2) is 4.98 Å². The van der Waals surface area contributed by atoms with E-state index in [9.17, 15) is 8.78 Å². The van der Waals surface area contributed by atoms with Gasteiger partial charge in [-0.25, -0.2) is 13.8 Å². The van der Waals surface area contributed by atoms with Crippen molar-refractivity contribution >= 4 is 31.9 Å². The molecule has 1 rings (SSSR count). The minimum absolute atomic E-state index is 0.144. The van der Waals surface area contributed by atoms with Gasteiger partial charge in [-0.3, -0.25) is 0 Å². The van der Waals surface area contributed by atoms with E-state index in [2.05, 4.69) is 36.8 Å². The third-order valence-electron chi connectivity index (χ3n) is 1.41. The Hall–Kier alpha value is -0.0700. The second-order valence-electron chi connectivity index (χ2n) is 2.30. The molecule has 0 atom stereocenters. The lowest BCUT2D eigenvalue weighted by atomic mass is 10.3. The summed E-state index contributed by atoms with van der Waals surface area (Å²) in [6, 6.07) is 1.61. The van der Waals surface area contributed by atoms with Gasteiger partial charge in [-0.15, -0.1) is 0 Å². The molecule has 2 nitrogen and oxygen atoms in total. The van der Waals surface area contributed by atoms with Gasteiger partial charge in [0.05, 0.1) is 10.2 Å². The number of aromatic nitrogens is 1. The van der Waals surface area contributed by atoms with Crippen molar-refractivity contribution in [1.29, 1.82) is 0 Å². The number of alkyl halides is 2. The molecule has 6 heteroatoms. The summed E-state index contributed by atoms with van der Waals surface area (Å²) in [6.07, 6.45) is -2.60. The van der Waals surface area contributed by atoms with E-state index in [-0.39, 0.29) is 16.7 Å². The number of pyridine rings is 1. The molecule has 0 aliphatic carbocycles. The van der Waals surface area contributed by atoms with Gasteiger partial charge in [-0.2, -0.15) is 0 Å². The van der Waals surface area contributed by atoms with E-state index < -0.39 is 6.43 Å². The van der Waals surface area contributed by atoms with E-state index in [0.29, 0.717) is 10.2 Å². The van der Waals surface area contributed by atoms with Crippen molar-refractivity contribution in [3.8, 4) is 0 Å². The topological polar surface area (TPSA) is 38.9 Å². The maximum absolute atomic E-state index is 12.4. The molecule has 0 aliphatic heterocycles. The van der Waals surface area contributed by atoms with Gasteiger partial charge in [0, 0.05) is 11.0 Å². The fourth-order valence-electron chi connectivity index (χ4n) is 0.817. The monoisotopic (exact) mass is 314 g/mol. The van der Waals surface area contributed by atoms with Gasteiger partial charge in [0.1, 0.15) is 5.69 Å². The van der Waals surface area contributed by atoms with Gasteiger partial charge in [-0.1, -0.05) is 0 Å². The first kappa shape index (κ1) is 11.0. The van der Waals surface area contributed by atoms with Crippen molar-refractivity contribution in [2.45, 2.75) is 13.0 Å². The van der Waals surface area contributed by atoms with E-state index in [1.165, 1.54) is 0 Å². The molecule has 0 radical (unpaired) electrons. The number of halogens is 4. The van der Waals surface area contributed by atoms with Crippen molar-refractivity contribution in [1.82, 2.24) is 4.98 Å². The lowest BCUT2D eigenvalue weighted by Crippen LogP contribution is -2.03. The molecule has 1 aromatic heterocycles. The third-order valence-corrected chi connectivity index (χ3v) is 3.40. The van der Waals surface area contributed by atoms with Crippen LogP contribution in [0.1, 0.15) is 17.8 Å². The molecule has 0 saturated carbocycles. The van der Waals surface area contributed by atoms with Crippen molar-refractivity contribution < 1.29 is 8.78 Å². The summed E-state index contributed by atoms with van der Waals surface area (Å²) in [7, 11) is 0. The van der Waals surface area contributed by atoms with Gasteiger partial charge in [0.2, 0.25) is 0 Å². The Kier molecular flexibility index (Phi) is 3.75. The molecule has 0 spiro atoms. The van der Waals surface area contributed by atoms with Gasteiger partial charge >= 0.3 is 0 Å². The predicted octanol–water partition coefficient (Wildman–Crippen LogP) is 3.00. The number of hydrogen-bond acceptors (Lipinski definition) is 2. The van der Waals surface area contributed by atoms with Gasteiger partial charge in [-0.05, 0) is 37.9 Å². The normalized spacial score (nSPS) is 10.9. The van der Waals surface area contributed by atoms with Gasteiger partial charge in [0.25, 0.3) is 6.43 Å². The molecule has 0 fully saturated rings. The summed E-state index contributed by atoms with van der Waals surface area (Å²) >= 11 is 6.14. The number of nitrogens with two attached hydrogens (primary N) is 1. The fourth-order valence-corrected chi connectivity index (χ4v) is 1.66. The van der Waals surface area contributed by atoms with Crippen LogP contribution in [0.3, 0.4) is 0 Å². The molecule has 1 heterocycles. The van der Waals surface area contributed by atoms with Gasteiger partial charge in [0.15, 0.2) is 0 Å². The number of nitrogens with zero attached hydrogens (tertiary/aromatic N) is 1. The zero-order chi connectivity index (χ0) is 10.0. The highest BCUT2D eigenvalue weighted by Gasteiger charge is 2.16. The molecule has 72 valence electrons. The number of hydrogen-bond donors (Lipinski definition) is 1. The standard InChI is InChI=1S/C7H6Br2F2N2/c8-4-1-3(2-12)13-6(5(4)9)7(10)11/h1,7H,2,12H2. The quantitative estimate of drug-likeness (QED) is 0.911. The average Bonchev–Trinajstić information content (AvgIpc) is 2.09. The zero-order valence-corrected chi connectivity index (χ0v) is 9.57. The first-order valence-electron chi connectivity index (χ1n) is 3.39. The van der Waals surface area contributed by atoms with Crippen LogP contribution in [0, 0.1) is 0 Å².